The molecule has 0 saturated heterocycles. The zero-order chi connectivity index (χ0) is 31.1. The number of thiazole rings is 1. The summed E-state index contributed by atoms with van der Waals surface area (Å²) >= 11 is 1.23. The van der Waals surface area contributed by atoms with Crippen LogP contribution in [-0.2, 0) is 23.8 Å². The van der Waals surface area contributed by atoms with Gasteiger partial charge in [-0.25, -0.2) is 14.6 Å². The molecular weight excluding hydrogens is 572 g/mol. The maximum atomic E-state index is 14.0. The third-order valence-corrected chi connectivity index (χ3v) is 7.80. The Balaban J connectivity index is 1.77. The molecular formula is C32H36N2O8S. The molecule has 43 heavy (non-hydrogen) atoms. The maximum Gasteiger partial charge on any atom is 0.344 e. The predicted octanol–water partition coefficient (Wildman–Crippen LogP) is 3.50. The van der Waals surface area contributed by atoms with Crippen LogP contribution >= 0.6 is 11.3 Å². The summed E-state index contributed by atoms with van der Waals surface area (Å²) in [4.78, 5) is 44.1. The minimum atomic E-state index is -0.720. The van der Waals surface area contributed by atoms with Gasteiger partial charge in [0.05, 0.1) is 42.2 Å². The molecule has 0 N–H and O–H groups in total. The van der Waals surface area contributed by atoms with Crippen LogP contribution in [0.4, 0.5) is 0 Å². The number of ether oxygens (including phenoxy) is 5. The van der Waals surface area contributed by atoms with Crippen LogP contribution in [0, 0.1) is 0 Å². The van der Waals surface area contributed by atoms with E-state index < -0.39 is 18.0 Å². The van der Waals surface area contributed by atoms with Crippen molar-refractivity contribution in [3.63, 3.8) is 0 Å². The van der Waals surface area contributed by atoms with Gasteiger partial charge in [0.25, 0.3) is 5.56 Å². The van der Waals surface area contributed by atoms with E-state index in [-0.39, 0.29) is 32.0 Å². The minimum Gasteiger partial charge on any atom is -0.493 e. The number of nitrogens with zero attached hydrogens (tertiary/aromatic N) is 2. The number of methoxy groups -OCH3 is 2. The number of carbonyl (C=O) groups excluding carboxylic acids is 2. The zero-order valence-electron chi connectivity index (χ0n) is 25.2. The monoisotopic (exact) mass is 608 g/mol. The molecule has 0 spiro atoms. The van der Waals surface area contributed by atoms with Crippen molar-refractivity contribution < 1.29 is 33.3 Å². The Morgan fingerprint density at radius 2 is 1.79 bits per heavy atom. The van der Waals surface area contributed by atoms with Crippen LogP contribution in [0.3, 0.4) is 0 Å². The number of rotatable bonds is 12. The molecule has 0 radical (unpaired) electrons. The van der Waals surface area contributed by atoms with E-state index in [4.69, 9.17) is 23.7 Å². The highest BCUT2D eigenvalue weighted by molar-refractivity contribution is 7.07. The van der Waals surface area contributed by atoms with E-state index in [9.17, 15) is 14.4 Å². The molecule has 0 saturated carbocycles. The van der Waals surface area contributed by atoms with Crippen LogP contribution in [0.5, 0.6) is 11.5 Å². The summed E-state index contributed by atoms with van der Waals surface area (Å²) in [5.74, 6) is 0.0527. The number of benzene rings is 2. The average molecular weight is 609 g/mol. The first-order valence-corrected chi connectivity index (χ1v) is 14.7. The van der Waals surface area contributed by atoms with Crippen molar-refractivity contribution in [2.24, 2.45) is 4.99 Å². The summed E-state index contributed by atoms with van der Waals surface area (Å²) in [5.41, 5.74) is 3.09. The smallest absolute Gasteiger partial charge is 0.344 e. The predicted molar refractivity (Wildman–Crippen MR) is 162 cm³/mol. The normalized spacial score (nSPS) is 14.8. The van der Waals surface area contributed by atoms with Crippen molar-refractivity contribution in [2.45, 2.75) is 39.7 Å². The number of esters is 2. The molecule has 1 aliphatic heterocycles. The van der Waals surface area contributed by atoms with E-state index in [0.29, 0.717) is 43.6 Å². The molecule has 0 fully saturated rings. The minimum absolute atomic E-state index is 0.0802. The molecule has 0 bridgehead atoms. The molecule has 1 aliphatic rings. The first-order chi connectivity index (χ1) is 20.7. The fraction of sp³-hybridized carbons (Fsp3) is 0.375. The quantitative estimate of drug-likeness (QED) is 0.227. The number of allylic oxidation sites excluding steroid dienone is 1. The lowest BCUT2D eigenvalue weighted by Gasteiger charge is -2.25. The van der Waals surface area contributed by atoms with Gasteiger partial charge in [-0.05, 0) is 54.7 Å². The van der Waals surface area contributed by atoms with Gasteiger partial charge in [-0.2, -0.15) is 0 Å². The van der Waals surface area contributed by atoms with Gasteiger partial charge in [0.15, 0.2) is 22.9 Å². The van der Waals surface area contributed by atoms with Crippen LogP contribution in [0.25, 0.3) is 6.08 Å². The first-order valence-electron chi connectivity index (χ1n) is 13.9. The van der Waals surface area contributed by atoms with Crippen molar-refractivity contribution in [1.82, 2.24) is 4.57 Å². The second-order valence-electron chi connectivity index (χ2n) is 10.0. The van der Waals surface area contributed by atoms with E-state index >= 15 is 0 Å². The van der Waals surface area contributed by atoms with Gasteiger partial charge < -0.3 is 23.7 Å². The van der Waals surface area contributed by atoms with Gasteiger partial charge in [-0.3, -0.25) is 9.36 Å². The molecule has 2 aromatic carbocycles. The van der Waals surface area contributed by atoms with Crippen LogP contribution < -0.4 is 24.4 Å². The molecule has 1 aromatic heterocycles. The van der Waals surface area contributed by atoms with Crippen molar-refractivity contribution >= 4 is 29.4 Å². The first kappa shape index (κ1) is 31.7. The summed E-state index contributed by atoms with van der Waals surface area (Å²) in [6, 6.07) is 12.3. The topological polar surface area (TPSA) is 115 Å². The summed E-state index contributed by atoms with van der Waals surface area (Å²) < 4.78 is 28.4. The largest absolute Gasteiger partial charge is 0.493 e. The van der Waals surface area contributed by atoms with Crippen LogP contribution in [0.1, 0.15) is 56.3 Å². The Morgan fingerprint density at radius 3 is 2.44 bits per heavy atom. The van der Waals surface area contributed by atoms with Crippen LogP contribution in [-0.4, -0.2) is 57.2 Å². The molecule has 1 atom stereocenters. The van der Waals surface area contributed by atoms with Gasteiger partial charge in [0.1, 0.15) is 6.61 Å². The highest BCUT2D eigenvalue weighted by Gasteiger charge is 2.33. The van der Waals surface area contributed by atoms with Crippen molar-refractivity contribution in [3.05, 3.63) is 90.1 Å². The number of fused-ring (bicyclic) bond motifs is 1. The van der Waals surface area contributed by atoms with Crippen molar-refractivity contribution in [3.8, 4) is 11.5 Å². The third kappa shape index (κ3) is 7.23. The number of hydrogen-bond donors (Lipinski definition) is 0. The van der Waals surface area contributed by atoms with Gasteiger partial charge in [-0.1, -0.05) is 55.5 Å². The SMILES string of the molecule is CCOC(=O)COc1ccc(C=c2sc3n(c2=O)C(c2ccc(C(C)C)cc2)C(C(=O)OCCOC)=C(C)N=3)cc1OC. The highest BCUT2D eigenvalue weighted by atomic mass is 32.1. The second-order valence-corrected chi connectivity index (χ2v) is 11.0. The molecule has 3 aromatic rings. The van der Waals surface area contributed by atoms with E-state index in [0.717, 1.165) is 11.1 Å². The average Bonchev–Trinajstić information content (AvgIpc) is 3.29. The van der Waals surface area contributed by atoms with Crippen molar-refractivity contribution in [2.75, 3.05) is 40.6 Å². The highest BCUT2D eigenvalue weighted by Crippen LogP contribution is 2.32. The van der Waals surface area contributed by atoms with E-state index in [1.807, 2.05) is 24.3 Å². The fourth-order valence-electron chi connectivity index (χ4n) is 4.64. The Bertz CT molecular complexity index is 1690. The van der Waals surface area contributed by atoms with Crippen LogP contribution in [0.15, 0.2) is 63.5 Å². The molecule has 1 unspecified atom stereocenters. The van der Waals surface area contributed by atoms with E-state index in [1.165, 1.54) is 25.6 Å². The molecule has 228 valence electrons. The summed E-state index contributed by atoms with van der Waals surface area (Å²) in [6.45, 7) is 8.02. The molecule has 4 rings (SSSR count). The third-order valence-electron chi connectivity index (χ3n) is 6.82. The lowest BCUT2D eigenvalue weighted by Crippen LogP contribution is -2.40. The Morgan fingerprint density at radius 1 is 1.05 bits per heavy atom. The Hall–Kier alpha value is -4.22. The molecule has 11 heteroatoms. The number of aromatic nitrogens is 1. The lowest BCUT2D eigenvalue weighted by molar-refractivity contribution is -0.145. The van der Waals surface area contributed by atoms with Gasteiger partial charge in [-0.15, -0.1) is 0 Å². The molecule has 2 heterocycles. The van der Waals surface area contributed by atoms with Crippen molar-refractivity contribution in [1.29, 1.82) is 0 Å². The summed E-state index contributed by atoms with van der Waals surface area (Å²) in [5, 5.41) is 0. The maximum absolute atomic E-state index is 14.0. The second kappa shape index (κ2) is 14.3. The van der Waals surface area contributed by atoms with E-state index in [2.05, 4.69) is 18.8 Å². The van der Waals surface area contributed by atoms with Crippen LogP contribution in [0.2, 0.25) is 0 Å². The van der Waals surface area contributed by atoms with Gasteiger partial charge in [0.2, 0.25) is 0 Å². The summed E-state index contributed by atoms with van der Waals surface area (Å²) in [7, 11) is 3.02. The summed E-state index contributed by atoms with van der Waals surface area (Å²) in [6.07, 6.45) is 1.73. The number of hydrogen-bond acceptors (Lipinski definition) is 10. The Kier molecular flexibility index (Phi) is 10.5. The molecule has 10 nitrogen and oxygen atoms in total. The number of carbonyl (C=O) groups is 2. The standard InChI is InChI=1S/C32H36N2O8S/c1-7-40-27(35)18-42-24-13-8-21(16-25(24)39-6)17-26-30(36)34-29(23-11-9-22(10-12-23)19(2)3)28(20(4)33-32(34)43-26)31(37)41-15-14-38-5/h8-13,16-17,19,29H,7,14-15,18H2,1-6H3. The Labute approximate surface area is 253 Å². The van der Waals surface area contributed by atoms with Gasteiger partial charge >= 0.3 is 11.9 Å². The molecule has 0 aliphatic carbocycles. The molecule has 0 amide bonds. The van der Waals surface area contributed by atoms with Gasteiger partial charge in [0, 0.05) is 7.11 Å². The fourth-order valence-corrected chi connectivity index (χ4v) is 5.69. The zero-order valence-corrected chi connectivity index (χ0v) is 26.0. The lowest BCUT2D eigenvalue weighted by atomic mass is 9.93. The van der Waals surface area contributed by atoms with E-state index in [1.54, 1.807) is 42.7 Å².